The van der Waals surface area contributed by atoms with Crippen molar-refractivity contribution in [3.63, 3.8) is 0 Å². The quantitative estimate of drug-likeness (QED) is 0.582. The maximum atomic E-state index is 13.5. The normalized spacial score (nSPS) is 14.5. The van der Waals surface area contributed by atoms with E-state index in [1.54, 1.807) is 4.90 Å². The lowest BCUT2D eigenvalue weighted by atomic mass is 9.86. The molecule has 0 saturated carbocycles. The maximum Gasteiger partial charge on any atom is 0.260 e. The second-order valence-corrected chi connectivity index (χ2v) is 9.63. The van der Waals surface area contributed by atoms with E-state index in [0.29, 0.717) is 43.0 Å². The predicted octanol–water partition coefficient (Wildman–Crippen LogP) is 4.61. The molecule has 3 aromatic rings. The van der Waals surface area contributed by atoms with Crippen LogP contribution in [0.3, 0.4) is 0 Å². The highest BCUT2D eigenvalue weighted by atomic mass is 16.5. The minimum Gasteiger partial charge on any atom is -0.476 e. The third-order valence-corrected chi connectivity index (χ3v) is 6.18. The van der Waals surface area contributed by atoms with E-state index in [1.165, 1.54) is 5.56 Å². The number of carbonyl (C=O) groups is 1. The number of hydrogen-bond acceptors (Lipinski definition) is 5. The van der Waals surface area contributed by atoms with Crippen molar-refractivity contribution >= 4 is 16.9 Å². The van der Waals surface area contributed by atoms with Crippen molar-refractivity contribution in [1.29, 1.82) is 0 Å². The van der Waals surface area contributed by atoms with Crippen molar-refractivity contribution in [2.75, 3.05) is 32.9 Å². The molecule has 0 aliphatic carbocycles. The Morgan fingerprint density at radius 3 is 2.30 bits per heavy atom. The Labute approximate surface area is 194 Å². The number of benzene rings is 2. The Kier molecular flexibility index (Phi) is 6.30. The summed E-state index contributed by atoms with van der Waals surface area (Å²) in [5.41, 5.74) is 4.17. The topological polar surface area (TPSA) is 69.0 Å². The molecule has 2 heterocycles. The molecule has 174 valence electrons. The highest BCUT2D eigenvalue weighted by molar-refractivity contribution is 5.84. The molecule has 0 radical (unpaired) electrons. The molecule has 0 unspecified atom stereocenters. The van der Waals surface area contributed by atoms with Gasteiger partial charge in [0.25, 0.3) is 5.91 Å². The Morgan fingerprint density at radius 1 is 1.03 bits per heavy atom. The van der Waals surface area contributed by atoms with Gasteiger partial charge in [0.2, 0.25) is 11.2 Å². The number of morpholine rings is 1. The molecule has 1 saturated heterocycles. The number of ether oxygens (including phenoxy) is 2. The fourth-order valence-electron chi connectivity index (χ4n) is 3.91. The maximum absolute atomic E-state index is 13.5. The number of fused-ring (bicyclic) bond motifs is 1. The zero-order valence-electron chi connectivity index (χ0n) is 20.0. The number of amides is 1. The van der Waals surface area contributed by atoms with Gasteiger partial charge in [-0.2, -0.15) is 0 Å². The predicted molar refractivity (Wildman–Crippen MR) is 129 cm³/mol. The lowest BCUT2D eigenvalue weighted by molar-refractivity contribution is -0.137. The van der Waals surface area contributed by atoms with Gasteiger partial charge >= 0.3 is 0 Å². The standard InChI is InChI=1S/C27H31NO5/c1-17-14-21-22(15-18(17)2)33-25(19-6-8-20(9-7-19)27(3,4)5)26(24(21)30)32-16-23(29)28-10-12-31-13-11-28/h6-9,14-15H,10-13,16H2,1-5H3. The van der Waals surface area contributed by atoms with Crippen LogP contribution in [-0.4, -0.2) is 43.7 Å². The number of aryl methyl sites for hydroxylation is 2. The fourth-order valence-corrected chi connectivity index (χ4v) is 3.91. The first-order valence-corrected chi connectivity index (χ1v) is 11.3. The summed E-state index contributed by atoms with van der Waals surface area (Å²) in [7, 11) is 0. The van der Waals surface area contributed by atoms with E-state index in [0.717, 1.165) is 16.7 Å². The molecule has 1 amide bonds. The van der Waals surface area contributed by atoms with Gasteiger partial charge in [0.05, 0.1) is 18.6 Å². The van der Waals surface area contributed by atoms with E-state index in [9.17, 15) is 9.59 Å². The zero-order chi connectivity index (χ0) is 23.8. The van der Waals surface area contributed by atoms with Gasteiger partial charge in [-0.25, -0.2) is 0 Å². The van der Waals surface area contributed by atoms with Gasteiger partial charge in [-0.05, 0) is 48.1 Å². The van der Waals surface area contributed by atoms with E-state index >= 15 is 0 Å². The molecular formula is C27H31NO5. The van der Waals surface area contributed by atoms with E-state index in [-0.39, 0.29) is 29.1 Å². The summed E-state index contributed by atoms with van der Waals surface area (Å²) in [5, 5.41) is 0.446. The lowest BCUT2D eigenvalue weighted by Crippen LogP contribution is -2.43. The summed E-state index contributed by atoms with van der Waals surface area (Å²) in [6, 6.07) is 11.6. The molecule has 0 bridgehead atoms. The monoisotopic (exact) mass is 449 g/mol. The van der Waals surface area contributed by atoms with Gasteiger partial charge in [-0.3, -0.25) is 9.59 Å². The van der Waals surface area contributed by atoms with Crippen molar-refractivity contribution in [2.45, 2.75) is 40.0 Å². The molecule has 1 aromatic heterocycles. The number of carbonyl (C=O) groups excluding carboxylic acids is 1. The van der Waals surface area contributed by atoms with Gasteiger partial charge < -0.3 is 18.8 Å². The fraction of sp³-hybridized carbons (Fsp3) is 0.407. The highest BCUT2D eigenvalue weighted by Crippen LogP contribution is 2.33. The summed E-state index contributed by atoms with van der Waals surface area (Å²) in [6.07, 6.45) is 0. The van der Waals surface area contributed by atoms with Gasteiger partial charge in [-0.1, -0.05) is 45.0 Å². The summed E-state index contributed by atoms with van der Waals surface area (Å²) >= 11 is 0. The highest BCUT2D eigenvalue weighted by Gasteiger charge is 2.23. The van der Waals surface area contributed by atoms with Crippen LogP contribution in [0.15, 0.2) is 45.6 Å². The van der Waals surface area contributed by atoms with Crippen LogP contribution in [0, 0.1) is 13.8 Å². The smallest absolute Gasteiger partial charge is 0.260 e. The van der Waals surface area contributed by atoms with Crippen molar-refractivity contribution in [3.05, 3.63) is 63.3 Å². The Hall–Kier alpha value is -3.12. The largest absolute Gasteiger partial charge is 0.476 e. The second kappa shape index (κ2) is 9.02. The van der Waals surface area contributed by atoms with Gasteiger partial charge in [0.15, 0.2) is 12.4 Å². The molecule has 0 atom stereocenters. The molecule has 6 heteroatoms. The molecular weight excluding hydrogens is 418 g/mol. The zero-order valence-corrected chi connectivity index (χ0v) is 20.0. The first kappa shape index (κ1) is 23.1. The average molecular weight is 450 g/mol. The first-order chi connectivity index (χ1) is 15.6. The molecule has 1 fully saturated rings. The average Bonchev–Trinajstić information content (AvgIpc) is 2.79. The van der Waals surface area contributed by atoms with Crippen molar-refractivity contribution < 1.29 is 18.7 Å². The number of nitrogens with zero attached hydrogens (tertiary/aromatic N) is 1. The molecule has 6 nitrogen and oxygen atoms in total. The van der Waals surface area contributed by atoms with Gasteiger partial charge in [0, 0.05) is 18.7 Å². The first-order valence-electron chi connectivity index (χ1n) is 11.3. The third-order valence-electron chi connectivity index (χ3n) is 6.18. The van der Waals surface area contributed by atoms with Crippen LogP contribution in [-0.2, 0) is 14.9 Å². The number of hydrogen-bond donors (Lipinski definition) is 0. The molecule has 4 rings (SSSR count). The van der Waals surface area contributed by atoms with Gasteiger partial charge in [0.1, 0.15) is 5.58 Å². The third kappa shape index (κ3) is 4.81. The molecule has 1 aliphatic rings. The van der Waals surface area contributed by atoms with Crippen LogP contribution >= 0.6 is 0 Å². The molecule has 0 N–H and O–H groups in total. The summed E-state index contributed by atoms with van der Waals surface area (Å²) < 4.78 is 17.4. The minimum atomic E-state index is -0.274. The van der Waals surface area contributed by atoms with E-state index < -0.39 is 0 Å². The Balaban J connectivity index is 1.77. The summed E-state index contributed by atoms with van der Waals surface area (Å²) in [6.45, 7) is 12.2. The molecule has 2 aromatic carbocycles. The molecule has 0 spiro atoms. The van der Waals surface area contributed by atoms with E-state index in [4.69, 9.17) is 13.9 Å². The minimum absolute atomic E-state index is 0.00129. The summed E-state index contributed by atoms with van der Waals surface area (Å²) in [5.74, 6) is 0.230. The van der Waals surface area contributed by atoms with Crippen LogP contribution in [0.4, 0.5) is 0 Å². The molecule has 33 heavy (non-hydrogen) atoms. The Morgan fingerprint density at radius 2 is 1.67 bits per heavy atom. The Bertz CT molecular complexity index is 1230. The van der Waals surface area contributed by atoms with Gasteiger partial charge in [-0.15, -0.1) is 0 Å². The van der Waals surface area contributed by atoms with Crippen LogP contribution in [0.5, 0.6) is 5.75 Å². The van der Waals surface area contributed by atoms with Crippen LogP contribution < -0.4 is 10.2 Å². The van der Waals surface area contributed by atoms with Crippen molar-refractivity contribution in [2.24, 2.45) is 0 Å². The van der Waals surface area contributed by atoms with E-state index in [2.05, 4.69) is 20.8 Å². The van der Waals surface area contributed by atoms with Crippen LogP contribution in [0.1, 0.15) is 37.5 Å². The van der Waals surface area contributed by atoms with Crippen molar-refractivity contribution in [3.8, 4) is 17.1 Å². The summed E-state index contributed by atoms with van der Waals surface area (Å²) in [4.78, 5) is 27.8. The van der Waals surface area contributed by atoms with Crippen LogP contribution in [0.2, 0.25) is 0 Å². The van der Waals surface area contributed by atoms with Crippen LogP contribution in [0.25, 0.3) is 22.3 Å². The second-order valence-electron chi connectivity index (χ2n) is 9.63. The molecule has 1 aliphatic heterocycles. The van der Waals surface area contributed by atoms with E-state index in [1.807, 2.05) is 50.2 Å². The SMILES string of the molecule is Cc1cc2oc(-c3ccc(C(C)(C)C)cc3)c(OCC(=O)N3CCOCC3)c(=O)c2cc1C. The lowest BCUT2D eigenvalue weighted by Gasteiger charge is -2.26. The van der Waals surface area contributed by atoms with Crippen molar-refractivity contribution in [1.82, 2.24) is 4.90 Å². The number of rotatable bonds is 4.